The summed E-state index contributed by atoms with van der Waals surface area (Å²) in [7, 11) is 3.52. The lowest BCUT2D eigenvalue weighted by Gasteiger charge is -2.35. The Balaban J connectivity index is 1.63. The third-order valence-corrected chi connectivity index (χ3v) is 6.57. The number of aromatic nitrogens is 1. The number of nitrogens with one attached hydrogen (secondary N) is 2. The maximum absolute atomic E-state index is 5.33. The van der Waals surface area contributed by atoms with Crippen molar-refractivity contribution in [3.8, 4) is 5.75 Å². The lowest BCUT2D eigenvalue weighted by molar-refractivity contribution is 0.164. The summed E-state index contributed by atoms with van der Waals surface area (Å²) in [5.74, 6) is 1.71. The summed E-state index contributed by atoms with van der Waals surface area (Å²) in [6, 6.07) is 8.76. The second kappa shape index (κ2) is 10.6. The van der Waals surface area contributed by atoms with Crippen LogP contribution in [-0.2, 0) is 6.54 Å². The van der Waals surface area contributed by atoms with Gasteiger partial charge in [0.15, 0.2) is 5.96 Å². The van der Waals surface area contributed by atoms with Gasteiger partial charge in [-0.2, -0.15) is 0 Å². The zero-order valence-electron chi connectivity index (χ0n) is 18.0. The summed E-state index contributed by atoms with van der Waals surface area (Å²) in [5.41, 5.74) is 2.42. The number of methoxy groups -OCH3 is 1. The first-order valence-electron chi connectivity index (χ1n) is 10.4. The number of rotatable bonds is 7. The van der Waals surface area contributed by atoms with Gasteiger partial charge in [-0.05, 0) is 57.5 Å². The Hall–Kier alpha value is -2.12. The standard InChI is InChI=1S/C22H33N5OS/c1-16-17(2)29-21(26-16)15-25-22(23-3)24-14-20(27-12-6-5-7-13-27)18-8-10-19(28-4)11-9-18/h8-11,20H,5-7,12-15H2,1-4H3,(H2,23,24,25). The molecule has 0 saturated carbocycles. The summed E-state index contributed by atoms with van der Waals surface area (Å²) >= 11 is 1.74. The number of aliphatic imine (C=N–C) groups is 1. The van der Waals surface area contributed by atoms with E-state index in [2.05, 4.69) is 51.5 Å². The number of benzene rings is 1. The van der Waals surface area contributed by atoms with E-state index in [1.807, 2.05) is 19.2 Å². The van der Waals surface area contributed by atoms with Crippen molar-refractivity contribution in [1.82, 2.24) is 20.5 Å². The molecular weight excluding hydrogens is 382 g/mol. The molecule has 2 N–H and O–H groups in total. The molecule has 29 heavy (non-hydrogen) atoms. The quantitative estimate of drug-likeness (QED) is 0.534. The van der Waals surface area contributed by atoms with Crippen molar-refractivity contribution in [2.24, 2.45) is 4.99 Å². The summed E-state index contributed by atoms with van der Waals surface area (Å²) in [5, 5.41) is 8.02. The first-order chi connectivity index (χ1) is 14.1. The van der Waals surface area contributed by atoms with Gasteiger partial charge in [-0.3, -0.25) is 9.89 Å². The number of aryl methyl sites for hydroxylation is 2. The highest BCUT2D eigenvalue weighted by Crippen LogP contribution is 2.26. The molecule has 0 amide bonds. The molecule has 1 aromatic heterocycles. The van der Waals surface area contributed by atoms with Crippen LogP contribution in [0.1, 0.15) is 46.4 Å². The first kappa shape index (κ1) is 21.6. The monoisotopic (exact) mass is 415 g/mol. The highest BCUT2D eigenvalue weighted by atomic mass is 32.1. The van der Waals surface area contributed by atoms with Crippen LogP contribution in [0.2, 0.25) is 0 Å². The lowest BCUT2D eigenvalue weighted by Crippen LogP contribution is -2.44. The van der Waals surface area contributed by atoms with Crippen LogP contribution in [0.25, 0.3) is 0 Å². The molecule has 6 nitrogen and oxygen atoms in total. The number of thiazole rings is 1. The third kappa shape index (κ3) is 5.93. The Bertz CT molecular complexity index is 777. The average molecular weight is 416 g/mol. The van der Waals surface area contributed by atoms with Crippen LogP contribution < -0.4 is 15.4 Å². The van der Waals surface area contributed by atoms with Crippen LogP contribution in [0.4, 0.5) is 0 Å². The van der Waals surface area contributed by atoms with Gasteiger partial charge in [0.25, 0.3) is 0 Å². The molecule has 1 aliphatic rings. The third-order valence-electron chi connectivity index (χ3n) is 5.50. The molecule has 0 spiro atoms. The number of likely N-dealkylation sites (tertiary alicyclic amines) is 1. The number of hydrogen-bond donors (Lipinski definition) is 2. The van der Waals surface area contributed by atoms with E-state index in [0.29, 0.717) is 12.6 Å². The maximum atomic E-state index is 5.33. The van der Waals surface area contributed by atoms with E-state index in [1.54, 1.807) is 18.4 Å². The molecule has 2 aromatic rings. The van der Waals surface area contributed by atoms with Gasteiger partial charge < -0.3 is 15.4 Å². The molecule has 0 bridgehead atoms. The van der Waals surface area contributed by atoms with Gasteiger partial charge in [0.2, 0.25) is 0 Å². The van der Waals surface area contributed by atoms with Crippen LogP contribution in [0.3, 0.4) is 0 Å². The molecular formula is C22H33N5OS. The predicted octanol–water partition coefficient (Wildman–Crippen LogP) is 3.66. The Kier molecular flexibility index (Phi) is 7.89. The largest absolute Gasteiger partial charge is 0.497 e. The van der Waals surface area contributed by atoms with E-state index >= 15 is 0 Å². The van der Waals surface area contributed by atoms with E-state index < -0.39 is 0 Å². The second-order valence-electron chi connectivity index (χ2n) is 7.44. The van der Waals surface area contributed by atoms with Crippen LogP contribution >= 0.6 is 11.3 Å². The summed E-state index contributed by atoms with van der Waals surface area (Å²) in [6.07, 6.45) is 3.86. The number of hydrogen-bond acceptors (Lipinski definition) is 5. The highest BCUT2D eigenvalue weighted by molar-refractivity contribution is 7.11. The van der Waals surface area contributed by atoms with E-state index in [-0.39, 0.29) is 0 Å². The molecule has 7 heteroatoms. The topological polar surface area (TPSA) is 61.8 Å². The molecule has 1 aliphatic heterocycles. The number of guanidine groups is 1. The van der Waals surface area contributed by atoms with E-state index in [4.69, 9.17) is 4.74 Å². The van der Waals surface area contributed by atoms with Crippen molar-refractivity contribution in [3.63, 3.8) is 0 Å². The minimum Gasteiger partial charge on any atom is -0.497 e. The minimum absolute atomic E-state index is 0.309. The van der Waals surface area contributed by atoms with Gasteiger partial charge >= 0.3 is 0 Å². The first-order valence-corrected chi connectivity index (χ1v) is 11.2. The molecule has 1 aromatic carbocycles. The van der Waals surface area contributed by atoms with Gasteiger partial charge in [-0.15, -0.1) is 11.3 Å². The van der Waals surface area contributed by atoms with Crippen LogP contribution in [0.15, 0.2) is 29.3 Å². The van der Waals surface area contributed by atoms with E-state index in [0.717, 1.165) is 42.0 Å². The lowest BCUT2D eigenvalue weighted by atomic mass is 10.0. The van der Waals surface area contributed by atoms with Crippen molar-refractivity contribution in [1.29, 1.82) is 0 Å². The molecule has 1 fully saturated rings. The van der Waals surface area contributed by atoms with Gasteiger partial charge in [-0.1, -0.05) is 18.6 Å². The van der Waals surface area contributed by atoms with Crippen molar-refractivity contribution in [2.75, 3.05) is 33.8 Å². The smallest absolute Gasteiger partial charge is 0.191 e. The van der Waals surface area contributed by atoms with Crippen molar-refractivity contribution < 1.29 is 4.74 Å². The van der Waals surface area contributed by atoms with Gasteiger partial charge in [0.05, 0.1) is 25.4 Å². The molecule has 1 unspecified atom stereocenters. The fourth-order valence-electron chi connectivity index (χ4n) is 3.70. The second-order valence-corrected chi connectivity index (χ2v) is 8.73. The van der Waals surface area contributed by atoms with Crippen LogP contribution in [-0.4, -0.2) is 49.6 Å². The maximum Gasteiger partial charge on any atom is 0.191 e. The molecule has 1 saturated heterocycles. The molecule has 158 valence electrons. The predicted molar refractivity (Wildman–Crippen MR) is 121 cm³/mol. The normalized spacial score (nSPS) is 16.5. The van der Waals surface area contributed by atoms with Crippen molar-refractivity contribution >= 4 is 17.3 Å². The van der Waals surface area contributed by atoms with E-state index in [9.17, 15) is 0 Å². The Morgan fingerprint density at radius 3 is 2.48 bits per heavy atom. The van der Waals surface area contributed by atoms with Crippen molar-refractivity contribution in [3.05, 3.63) is 45.4 Å². The molecule has 3 rings (SSSR count). The minimum atomic E-state index is 0.309. The zero-order valence-corrected chi connectivity index (χ0v) is 18.8. The van der Waals surface area contributed by atoms with Gasteiger partial charge in [-0.25, -0.2) is 4.98 Å². The van der Waals surface area contributed by atoms with Gasteiger partial charge in [0, 0.05) is 18.5 Å². The molecule has 0 radical (unpaired) electrons. The fourth-order valence-corrected chi connectivity index (χ4v) is 4.58. The van der Waals surface area contributed by atoms with E-state index in [1.165, 1.54) is 29.7 Å². The Morgan fingerprint density at radius 1 is 1.17 bits per heavy atom. The Morgan fingerprint density at radius 2 is 1.90 bits per heavy atom. The number of ether oxygens (including phenoxy) is 1. The van der Waals surface area contributed by atoms with Crippen LogP contribution in [0, 0.1) is 13.8 Å². The van der Waals surface area contributed by atoms with Crippen LogP contribution in [0.5, 0.6) is 5.75 Å². The average Bonchev–Trinajstić information content (AvgIpc) is 3.09. The SMILES string of the molecule is CN=C(NCc1nc(C)c(C)s1)NCC(c1ccc(OC)cc1)N1CCCCC1. The summed E-state index contributed by atoms with van der Waals surface area (Å²) < 4.78 is 5.33. The van der Waals surface area contributed by atoms with Crippen molar-refractivity contribution in [2.45, 2.75) is 45.7 Å². The van der Waals surface area contributed by atoms with Gasteiger partial charge in [0.1, 0.15) is 10.8 Å². The highest BCUT2D eigenvalue weighted by Gasteiger charge is 2.22. The number of piperidine rings is 1. The molecule has 0 aliphatic carbocycles. The Labute approximate surface area is 178 Å². The molecule has 1 atom stereocenters. The summed E-state index contributed by atoms with van der Waals surface area (Å²) in [6.45, 7) is 7.95. The number of nitrogens with zero attached hydrogens (tertiary/aromatic N) is 3. The summed E-state index contributed by atoms with van der Waals surface area (Å²) in [4.78, 5) is 12.9. The molecule has 2 heterocycles. The fraction of sp³-hybridized carbons (Fsp3) is 0.545. The zero-order chi connectivity index (χ0) is 20.6.